The SMILES string of the molecule is Cc1ccc(S(=O)(=O)c2nc(/C=N\NC(N)=S)oc2N2CCCCC2)cc1. The molecule has 10 heteroatoms. The van der Waals surface area contributed by atoms with Gasteiger partial charge in [0.15, 0.2) is 5.11 Å². The number of anilines is 1. The number of aryl methyl sites for hydroxylation is 1. The molecule has 0 bridgehead atoms. The summed E-state index contributed by atoms with van der Waals surface area (Å²) in [6.45, 7) is 3.33. The van der Waals surface area contributed by atoms with Gasteiger partial charge in [0.05, 0.1) is 4.90 Å². The molecule has 3 N–H and O–H groups in total. The number of benzene rings is 1. The molecule has 1 aliphatic heterocycles. The summed E-state index contributed by atoms with van der Waals surface area (Å²) >= 11 is 4.68. The number of nitrogens with one attached hydrogen (secondary N) is 1. The third-order valence-electron chi connectivity index (χ3n) is 4.17. The number of sulfone groups is 1. The second kappa shape index (κ2) is 8.05. The van der Waals surface area contributed by atoms with E-state index in [4.69, 9.17) is 10.2 Å². The van der Waals surface area contributed by atoms with Gasteiger partial charge >= 0.3 is 0 Å². The number of oxazole rings is 1. The van der Waals surface area contributed by atoms with Crippen molar-refractivity contribution in [3.63, 3.8) is 0 Å². The maximum Gasteiger partial charge on any atom is 0.243 e. The fraction of sp³-hybridized carbons (Fsp3) is 0.353. The van der Waals surface area contributed by atoms with Crippen LogP contribution in [0.4, 0.5) is 5.88 Å². The number of rotatable bonds is 5. The van der Waals surface area contributed by atoms with Crippen LogP contribution in [0.3, 0.4) is 0 Å². The number of hydrazone groups is 1. The zero-order chi connectivity index (χ0) is 19.4. The van der Waals surface area contributed by atoms with Crippen LogP contribution in [-0.2, 0) is 9.84 Å². The van der Waals surface area contributed by atoms with Gasteiger partial charge in [0.25, 0.3) is 0 Å². The molecule has 1 aliphatic rings. The number of hydrogen-bond acceptors (Lipinski definition) is 7. The normalized spacial score (nSPS) is 15.2. The molecule has 1 fully saturated rings. The molecule has 1 aromatic carbocycles. The van der Waals surface area contributed by atoms with Crippen LogP contribution < -0.4 is 16.1 Å². The Morgan fingerprint density at radius 2 is 1.96 bits per heavy atom. The van der Waals surface area contributed by atoms with Gasteiger partial charge in [-0.15, -0.1) is 0 Å². The molecule has 0 saturated carbocycles. The first-order valence-corrected chi connectivity index (χ1v) is 10.4. The van der Waals surface area contributed by atoms with E-state index in [1.807, 2.05) is 11.8 Å². The second-order valence-corrected chi connectivity index (χ2v) is 8.57. The van der Waals surface area contributed by atoms with E-state index in [1.54, 1.807) is 24.3 Å². The predicted octanol–water partition coefficient (Wildman–Crippen LogP) is 1.97. The van der Waals surface area contributed by atoms with Crippen molar-refractivity contribution in [3.8, 4) is 0 Å². The molecular weight excluding hydrogens is 386 g/mol. The minimum absolute atomic E-state index is 0.0124. The highest BCUT2D eigenvalue weighted by Crippen LogP contribution is 2.32. The summed E-state index contributed by atoms with van der Waals surface area (Å²) in [6, 6.07) is 6.65. The third kappa shape index (κ3) is 4.45. The van der Waals surface area contributed by atoms with Crippen molar-refractivity contribution in [1.29, 1.82) is 0 Å². The van der Waals surface area contributed by atoms with Crippen molar-refractivity contribution in [2.75, 3.05) is 18.0 Å². The number of nitrogens with zero attached hydrogens (tertiary/aromatic N) is 3. The molecule has 0 amide bonds. The van der Waals surface area contributed by atoms with Crippen molar-refractivity contribution in [2.45, 2.75) is 36.1 Å². The van der Waals surface area contributed by atoms with Crippen LogP contribution in [0, 0.1) is 6.92 Å². The van der Waals surface area contributed by atoms with Gasteiger partial charge in [0.1, 0.15) is 6.21 Å². The molecular formula is C17H21N5O3S2. The molecule has 27 heavy (non-hydrogen) atoms. The maximum atomic E-state index is 13.2. The zero-order valence-corrected chi connectivity index (χ0v) is 16.5. The van der Waals surface area contributed by atoms with Gasteiger partial charge in [0, 0.05) is 13.1 Å². The van der Waals surface area contributed by atoms with E-state index in [9.17, 15) is 8.42 Å². The number of aromatic nitrogens is 1. The van der Waals surface area contributed by atoms with Gasteiger partial charge in [-0.1, -0.05) is 17.7 Å². The lowest BCUT2D eigenvalue weighted by Gasteiger charge is -2.26. The molecule has 0 atom stereocenters. The molecule has 1 aromatic heterocycles. The highest BCUT2D eigenvalue weighted by molar-refractivity contribution is 7.91. The molecule has 2 heterocycles. The standard InChI is InChI=1S/C17H21N5O3S2/c1-12-5-7-13(8-6-12)27(23,24)15-16(22-9-3-2-4-10-22)25-14(20-15)11-19-21-17(18)26/h5-8,11H,2-4,9-10H2,1H3,(H3,18,21,26)/b19-11-. The maximum absolute atomic E-state index is 13.2. The first-order valence-electron chi connectivity index (χ1n) is 8.54. The molecule has 144 valence electrons. The van der Waals surface area contributed by atoms with Crippen molar-refractivity contribution in [1.82, 2.24) is 10.4 Å². The van der Waals surface area contributed by atoms with Gasteiger partial charge in [-0.3, -0.25) is 5.43 Å². The van der Waals surface area contributed by atoms with E-state index < -0.39 is 9.84 Å². The topological polar surface area (TPSA) is 114 Å². The van der Waals surface area contributed by atoms with E-state index in [-0.39, 0.29) is 26.8 Å². The smallest absolute Gasteiger partial charge is 0.243 e. The van der Waals surface area contributed by atoms with Gasteiger partial charge in [-0.2, -0.15) is 10.1 Å². The van der Waals surface area contributed by atoms with Gasteiger partial charge in [0.2, 0.25) is 26.6 Å². The van der Waals surface area contributed by atoms with E-state index in [1.165, 1.54) is 6.21 Å². The molecule has 0 spiro atoms. The number of piperidine rings is 1. The van der Waals surface area contributed by atoms with Crippen LogP contribution in [0.1, 0.15) is 30.7 Å². The Balaban J connectivity index is 2.03. The molecule has 2 aromatic rings. The highest BCUT2D eigenvalue weighted by atomic mass is 32.2. The van der Waals surface area contributed by atoms with Gasteiger partial charge in [-0.25, -0.2) is 8.42 Å². The Bertz CT molecular complexity index is 945. The summed E-state index contributed by atoms with van der Waals surface area (Å²) in [5.41, 5.74) is 8.69. The van der Waals surface area contributed by atoms with Gasteiger partial charge in [-0.05, 0) is 50.5 Å². The van der Waals surface area contributed by atoms with Crippen molar-refractivity contribution in [3.05, 3.63) is 35.7 Å². The Morgan fingerprint density at radius 3 is 2.59 bits per heavy atom. The van der Waals surface area contributed by atoms with E-state index in [0.29, 0.717) is 13.1 Å². The lowest BCUT2D eigenvalue weighted by Crippen LogP contribution is -2.30. The molecule has 0 aliphatic carbocycles. The van der Waals surface area contributed by atoms with E-state index in [0.717, 1.165) is 24.8 Å². The van der Waals surface area contributed by atoms with Crippen molar-refractivity contribution < 1.29 is 12.8 Å². The van der Waals surface area contributed by atoms with Crippen LogP contribution in [0.2, 0.25) is 0 Å². The van der Waals surface area contributed by atoms with Crippen molar-refractivity contribution >= 4 is 39.3 Å². The molecule has 0 unspecified atom stereocenters. The summed E-state index contributed by atoms with van der Waals surface area (Å²) in [7, 11) is -3.84. The molecule has 1 saturated heterocycles. The monoisotopic (exact) mass is 407 g/mol. The van der Waals surface area contributed by atoms with E-state index >= 15 is 0 Å². The Kier molecular flexibility index (Phi) is 5.76. The fourth-order valence-corrected chi connectivity index (χ4v) is 4.20. The Labute approximate surface area is 163 Å². The quantitative estimate of drug-likeness (QED) is 0.439. The van der Waals surface area contributed by atoms with E-state index in [2.05, 4.69) is 27.7 Å². The first kappa shape index (κ1) is 19.3. The number of hydrogen-bond donors (Lipinski definition) is 2. The first-order chi connectivity index (χ1) is 12.9. The lowest BCUT2D eigenvalue weighted by molar-refractivity contribution is 0.489. The summed E-state index contributed by atoms with van der Waals surface area (Å²) in [4.78, 5) is 6.27. The van der Waals surface area contributed by atoms with Crippen LogP contribution in [0.15, 0.2) is 43.7 Å². The molecule has 8 nitrogen and oxygen atoms in total. The summed E-state index contributed by atoms with van der Waals surface area (Å²) in [5, 5.41) is 3.68. The average molecular weight is 408 g/mol. The summed E-state index contributed by atoms with van der Waals surface area (Å²) < 4.78 is 32.0. The Hall–Kier alpha value is -2.46. The summed E-state index contributed by atoms with van der Waals surface area (Å²) in [6.07, 6.45) is 4.30. The fourth-order valence-electron chi connectivity index (χ4n) is 2.82. The largest absolute Gasteiger partial charge is 0.418 e. The van der Waals surface area contributed by atoms with Crippen molar-refractivity contribution in [2.24, 2.45) is 10.8 Å². The number of thiocarbonyl (C=S) groups is 1. The Morgan fingerprint density at radius 1 is 1.30 bits per heavy atom. The lowest BCUT2D eigenvalue weighted by atomic mass is 10.1. The second-order valence-electron chi connectivity index (χ2n) is 6.26. The zero-order valence-electron chi connectivity index (χ0n) is 14.9. The van der Waals surface area contributed by atoms with Crippen LogP contribution in [-0.4, -0.2) is 37.8 Å². The molecule has 0 radical (unpaired) electrons. The van der Waals surface area contributed by atoms with Crippen LogP contribution in [0.5, 0.6) is 0 Å². The van der Waals surface area contributed by atoms with Crippen LogP contribution >= 0.6 is 12.2 Å². The third-order valence-corrected chi connectivity index (χ3v) is 5.93. The van der Waals surface area contributed by atoms with Gasteiger partial charge < -0.3 is 15.1 Å². The minimum atomic E-state index is -3.84. The van der Waals surface area contributed by atoms with Crippen LogP contribution in [0.25, 0.3) is 0 Å². The predicted molar refractivity (Wildman–Crippen MR) is 107 cm³/mol. The number of nitrogens with two attached hydrogens (primary N) is 1. The highest BCUT2D eigenvalue weighted by Gasteiger charge is 2.31. The minimum Gasteiger partial charge on any atom is -0.418 e. The average Bonchev–Trinajstić information content (AvgIpc) is 3.08. The summed E-state index contributed by atoms with van der Waals surface area (Å²) in [5.74, 6) is 0.303. The molecule has 3 rings (SSSR count).